The Labute approximate surface area is 151 Å². The average Bonchev–Trinajstić information content (AvgIpc) is 2.56. The van der Waals surface area contributed by atoms with Crippen molar-refractivity contribution in [2.75, 3.05) is 12.3 Å². The number of nitrogens with one attached hydrogen (secondary N) is 2. The van der Waals surface area contributed by atoms with Gasteiger partial charge in [-0.05, 0) is 12.0 Å². The Kier molecular flexibility index (Phi) is 7.95. The van der Waals surface area contributed by atoms with Crippen LogP contribution < -0.4 is 10.6 Å². The Morgan fingerprint density at radius 3 is 2.36 bits per heavy atom. The van der Waals surface area contributed by atoms with Crippen molar-refractivity contribution < 1.29 is 24.3 Å². The quantitative estimate of drug-likeness (QED) is 0.612. The fourth-order valence-corrected chi connectivity index (χ4v) is 3.83. The first-order chi connectivity index (χ1) is 11.8. The maximum atomic E-state index is 12.2. The van der Waals surface area contributed by atoms with Crippen molar-refractivity contribution in [2.45, 2.75) is 52.0 Å². The Bertz CT molecular complexity index is 590. The number of carboxylic acids is 1. The number of hydrogen-bond donors (Lipinski definition) is 3. The van der Waals surface area contributed by atoms with Gasteiger partial charge in [0.15, 0.2) is 0 Å². The van der Waals surface area contributed by atoms with E-state index in [0.29, 0.717) is 17.7 Å². The molecule has 0 saturated carbocycles. The highest BCUT2D eigenvalue weighted by Crippen LogP contribution is 2.40. The zero-order valence-corrected chi connectivity index (χ0v) is 15.7. The highest BCUT2D eigenvalue weighted by atomic mass is 32.2. The summed E-state index contributed by atoms with van der Waals surface area (Å²) in [7, 11) is 0. The van der Waals surface area contributed by atoms with Crippen LogP contribution in [0, 0.1) is 0 Å². The normalized spacial score (nSPS) is 21.4. The van der Waals surface area contributed by atoms with E-state index in [1.54, 1.807) is 0 Å². The van der Waals surface area contributed by atoms with Crippen molar-refractivity contribution in [1.29, 1.82) is 0 Å². The number of nitrogens with zero attached hydrogens (tertiary/aromatic N) is 1. The first-order valence-electron chi connectivity index (χ1n) is 8.22. The van der Waals surface area contributed by atoms with Crippen LogP contribution in [0.25, 0.3) is 0 Å². The number of rotatable bonds is 5. The van der Waals surface area contributed by atoms with Crippen LogP contribution in [0.4, 0.5) is 0 Å². The minimum Gasteiger partial charge on any atom is -0.477 e. The molecule has 3 N–H and O–H groups in total. The molecule has 2 atom stereocenters. The van der Waals surface area contributed by atoms with Crippen LogP contribution in [0.2, 0.25) is 0 Å². The zero-order valence-electron chi connectivity index (χ0n) is 14.9. The van der Waals surface area contributed by atoms with Crippen molar-refractivity contribution in [3.05, 3.63) is 11.3 Å². The number of amides is 3. The van der Waals surface area contributed by atoms with Gasteiger partial charge in [0.05, 0.1) is 6.54 Å². The molecule has 2 rings (SSSR count). The van der Waals surface area contributed by atoms with Crippen LogP contribution in [0.15, 0.2) is 11.3 Å². The average molecular weight is 371 g/mol. The molecule has 2 aliphatic rings. The van der Waals surface area contributed by atoms with E-state index in [4.69, 9.17) is 0 Å². The molecule has 25 heavy (non-hydrogen) atoms. The maximum Gasteiger partial charge on any atom is 0.352 e. The first-order valence-corrected chi connectivity index (χ1v) is 9.26. The van der Waals surface area contributed by atoms with Crippen LogP contribution >= 0.6 is 11.8 Å². The molecule has 2 heterocycles. The minimum atomic E-state index is -1.13. The highest BCUT2D eigenvalue weighted by Gasteiger charge is 2.53. The zero-order chi connectivity index (χ0) is 19.1. The van der Waals surface area contributed by atoms with Gasteiger partial charge in [0, 0.05) is 12.7 Å². The number of aliphatic carboxylic acids is 1. The standard InChI is InChI=1S/C13H17N3O5S.C3H8/c1-3-7-5-22-12-9(15-8(18)4-14-6(2)17)11(19)16(12)10(7)13(20)21;1-3-2/h9,12H,3-5H2,1-2H3,(H,14,17)(H,15,18)(H,20,21);3H2,1-2H3/t9-,12?;/m1./s1. The summed E-state index contributed by atoms with van der Waals surface area (Å²) in [5.74, 6) is -1.86. The van der Waals surface area contributed by atoms with Gasteiger partial charge >= 0.3 is 5.97 Å². The molecule has 0 aromatic heterocycles. The van der Waals surface area contributed by atoms with Gasteiger partial charge in [0.2, 0.25) is 11.8 Å². The van der Waals surface area contributed by atoms with Crippen LogP contribution in [0.5, 0.6) is 0 Å². The fourth-order valence-electron chi connectivity index (χ4n) is 2.38. The van der Waals surface area contributed by atoms with Crippen molar-refractivity contribution in [3.8, 4) is 0 Å². The lowest BCUT2D eigenvalue weighted by molar-refractivity contribution is -0.150. The lowest BCUT2D eigenvalue weighted by atomic mass is 10.0. The molecule has 3 amide bonds. The van der Waals surface area contributed by atoms with Gasteiger partial charge in [-0.25, -0.2) is 4.79 Å². The molecule has 0 radical (unpaired) electrons. The smallest absolute Gasteiger partial charge is 0.352 e. The largest absolute Gasteiger partial charge is 0.477 e. The fraction of sp³-hybridized carbons (Fsp3) is 0.625. The van der Waals surface area contributed by atoms with Gasteiger partial charge in [-0.3, -0.25) is 19.3 Å². The van der Waals surface area contributed by atoms with Gasteiger partial charge in [0.1, 0.15) is 17.1 Å². The van der Waals surface area contributed by atoms with Gasteiger partial charge in [-0.15, -0.1) is 11.8 Å². The molecule has 1 fully saturated rings. The molecular weight excluding hydrogens is 346 g/mol. The lowest BCUT2D eigenvalue weighted by Crippen LogP contribution is -2.71. The second-order valence-corrected chi connectivity index (χ2v) is 6.79. The summed E-state index contributed by atoms with van der Waals surface area (Å²) >= 11 is 1.43. The predicted octanol–water partition coefficient (Wildman–Crippen LogP) is 0.687. The molecule has 2 aliphatic heterocycles. The Morgan fingerprint density at radius 2 is 1.88 bits per heavy atom. The van der Waals surface area contributed by atoms with Crippen molar-refractivity contribution in [2.24, 2.45) is 0 Å². The number of carbonyl (C=O) groups excluding carboxylic acids is 3. The Hall–Kier alpha value is -2.03. The molecule has 0 aliphatic carbocycles. The SMILES string of the molecule is CCC.CCC1=C(C(=O)O)N2C(=O)[C@@H](NC(=O)CNC(C)=O)C2SC1. The minimum absolute atomic E-state index is 0.0311. The van der Waals surface area contributed by atoms with E-state index in [2.05, 4.69) is 24.5 Å². The van der Waals surface area contributed by atoms with Crippen LogP contribution in [-0.4, -0.2) is 57.4 Å². The molecule has 8 nitrogen and oxygen atoms in total. The summed E-state index contributed by atoms with van der Waals surface area (Å²) in [6.45, 7) is 7.17. The predicted molar refractivity (Wildman–Crippen MR) is 94.6 cm³/mol. The third kappa shape index (κ3) is 4.97. The van der Waals surface area contributed by atoms with Crippen molar-refractivity contribution >= 4 is 35.5 Å². The number of thioether (sulfide) groups is 1. The maximum absolute atomic E-state index is 12.2. The van der Waals surface area contributed by atoms with Crippen molar-refractivity contribution in [3.63, 3.8) is 0 Å². The Morgan fingerprint density at radius 1 is 1.28 bits per heavy atom. The number of β-lactam (4-membered cyclic amide) rings is 1. The van der Waals surface area contributed by atoms with E-state index in [-0.39, 0.29) is 18.1 Å². The van der Waals surface area contributed by atoms with Crippen molar-refractivity contribution in [1.82, 2.24) is 15.5 Å². The topological polar surface area (TPSA) is 116 Å². The van der Waals surface area contributed by atoms with Crippen LogP contribution in [0.3, 0.4) is 0 Å². The van der Waals surface area contributed by atoms with Gasteiger partial charge in [0.25, 0.3) is 5.91 Å². The van der Waals surface area contributed by atoms with Gasteiger partial charge < -0.3 is 15.7 Å². The molecule has 1 saturated heterocycles. The Balaban J connectivity index is 0.000000970. The number of carbonyl (C=O) groups is 4. The second-order valence-electron chi connectivity index (χ2n) is 5.68. The second kappa shape index (κ2) is 9.45. The third-order valence-electron chi connectivity index (χ3n) is 3.49. The van der Waals surface area contributed by atoms with E-state index in [1.165, 1.54) is 30.0 Å². The highest BCUT2D eigenvalue weighted by molar-refractivity contribution is 8.00. The summed E-state index contributed by atoms with van der Waals surface area (Å²) < 4.78 is 0. The number of hydrogen-bond acceptors (Lipinski definition) is 5. The molecule has 0 aromatic carbocycles. The molecule has 140 valence electrons. The lowest BCUT2D eigenvalue weighted by Gasteiger charge is -2.49. The van der Waals surface area contributed by atoms with Crippen LogP contribution in [-0.2, 0) is 19.2 Å². The van der Waals surface area contributed by atoms with Gasteiger partial charge in [-0.1, -0.05) is 27.2 Å². The summed E-state index contributed by atoms with van der Waals surface area (Å²) in [5.41, 5.74) is 0.744. The third-order valence-corrected chi connectivity index (χ3v) is 4.83. The van der Waals surface area contributed by atoms with Gasteiger partial charge in [-0.2, -0.15) is 0 Å². The summed E-state index contributed by atoms with van der Waals surface area (Å²) in [6, 6.07) is -0.751. The first kappa shape index (κ1) is 21.0. The van der Waals surface area contributed by atoms with E-state index in [0.717, 1.165) is 0 Å². The number of fused-ring (bicyclic) bond motifs is 1. The molecular formula is C16H25N3O5S. The summed E-state index contributed by atoms with van der Waals surface area (Å²) in [6.07, 6.45) is 1.81. The number of carboxylic acid groups (broad SMARTS) is 1. The van der Waals surface area contributed by atoms with E-state index in [9.17, 15) is 24.3 Å². The monoisotopic (exact) mass is 371 g/mol. The summed E-state index contributed by atoms with van der Waals surface area (Å²) in [4.78, 5) is 47.2. The molecule has 0 spiro atoms. The summed E-state index contributed by atoms with van der Waals surface area (Å²) in [5, 5.41) is 13.8. The van der Waals surface area contributed by atoms with E-state index >= 15 is 0 Å². The molecule has 0 aromatic rings. The van der Waals surface area contributed by atoms with E-state index < -0.39 is 29.2 Å². The molecule has 0 bridgehead atoms. The molecule has 9 heteroatoms. The van der Waals surface area contributed by atoms with Crippen LogP contribution in [0.1, 0.15) is 40.5 Å². The van der Waals surface area contributed by atoms with E-state index in [1.807, 2.05) is 6.92 Å². The molecule has 1 unspecified atom stereocenters.